The van der Waals surface area contributed by atoms with Gasteiger partial charge in [0.05, 0.1) is 6.54 Å². The molecule has 0 bridgehead atoms. The molecule has 0 atom stereocenters. The Labute approximate surface area is 96.1 Å². The van der Waals surface area contributed by atoms with Gasteiger partial charge in [0, 0.05) is 6.42 Å². The Kier molecular flexibility index (Phi) is 5.12. The molecule has 0 heterocycles. The standard InChI is InChI=1S/C13H18FNO/c1-3-8-15(2)10-13(16)9-11-4-6-12(14)7-5-11/h4-7H,3,8-10H2,1-2H3. The third kappa shape index (κ3) is 4.53. The second-order valence-corrected chi connectivity index (χ2v) is 4.08. The van der Waals surface area contributed by atoms with Gasteiger partial charge in [0.25, 0.3) is 0 Å². The first-order valence-corrected chi connectivity index (χ1v) is 5.56. The molecule has 0 N–H and O–H groups in total. The molecule has 0 unspecified atom stereocenters. The third-order valence-electron chi connectivity index (χ3n) is 2.37. The first-order chi connectivity index (χ1) is 7.61. The van der Waals surface area contributed by atoms with Crippen molar-refractivity contribution in [3.05, 3.63) is 35.6 Å². The SMILES string of the molecule is CCCN(C)CC(=O)Cc1ccc(F)cc1. The summed E-state index contributed by atoms with van der Waals surface area (Å²) >= 11 is 0. The molecule has 0 fully saturated rings. The molecule has 88 valence electrons. The topological polar surface area (TPSA) is 20.3 Å². The third-order valence-corrected chi connectivity index (χ3v) is 2.37. The number of Topliss-reactive ketones (excluding diaryl/α,β-unsaturated/α-hetero) is 1. The van der Waals surface area contributed by atoms with Crippen LogP contribution < -0.4 is 0 Å². The molecular formula is C13H18FNO. The molecule has 3 heteroatoms. The molecule has 0 aromatic heterocycles. The second kappa shape index (κ2) is 6.38. The van der Waals surface area contributed by atoms with Gasteiger partial charge in [-0.3, -0.25) is 9.69 Å². The van der Waals surface area contributed by atoms with Gasteiger partial charge >= 0.3 is 0 Å². The van der Waals surface area contributed by atoms with Crippen LogP contribution in [-0.2, 0) is 11.2 Å². The van der Waals surface area contributed by atoms with Gasteiger partial charge in [-0.05, 0) is 37.7 Å². The minimum absolute atomic E-state index is 0.169. The van der Waals surface area contributed by atoms with Crippen molar-refractivity contribution in [2.75, 3.05) is 20.1 Å². The van der Waals surface area contributed by atoms with E-state index in [9.17, 15) is 9.18 Å². The summed E-state index contributed by atoms with van der Waals surface area (Å²) in [4.78, 5) is 13.7. The van der Waals surface area contributed by atoms with Gasteiger partial charge in [-0.25, -0.2) is 4.39 Å². The molecule has 0 aliphatic heterocycles. The largest absolute Gasteiger partial charge is 0.299 e. The molecule has 16 heavy (non-hydrogen) atoms. The highest BCUT2D eigenvalue weighted by molar-refractivity contribution is 5.82. The molecule has 0 saturated heterocycles. The lowest BCUT2D eigenvalue weighted by Gasteiger charge is -2.14. The lowest BCUT2D eigenvalue weighted by molar-refractivity contribution is -0.119. The summed E-state index contributed by atoms with van der Waals surface area (Å²) in [6, 6.07) is 6.09. The molecule has 2 nitrogen and oxygen atoms in total. The maximum atomic E-state index is 12.6. The van der Waals surface area contributed by atoms with Gasteiger partial charge < -0.3 is 0 Å². The van der Waals surface area contributed by atoms with Crippen molar-refractivity contribution in [1.82, 2.24) is 4.90 Å². The van der Waals surface area contributed by atoms with Crippen LogP contribution in [0.2, 0.25) is 0 Å². The number of carbonyl (C=O) groups excluding carboxylic acids is 1. The van der Waals surface area contributed by atoms with E-state index in [4.69, 9.17) is 0 Å². The maximum Gasteiger partial charge on any atom is 0.151 e. The number of likely N-dealkylation sites (N-methyl/N-ethyl adjacent to an activating group) is 1. The smallest absolute Gasteiger partial charge is 0.151 e. The van der Waals surface area contributed by atoms with E-state index in [1.165, 1.54) is 12.1 Å². The molecular weight excluding hydrogens is 205 g/mol. The lowest BCUT2D eigenvalue weighted by Crippen LogP contribution is -2.27. The number of carbonyl (C=O) groups is 1. The number of rotatable bonds is 6. The first-order valence-electron chi connectivity index (χ1n) is 5.56. The molecule has 0 radical (unpaired) electrons. The average molecular weight is 223 g/mol. The van der Waals surface area contributed by atoms with E-state index in [-0.39, 0.29) is 11.6 Å². The Morgan fingerprint density at radius 2 is 1.94 bits per heavy atom. The molecule has 0 spiro atoms. The average Bonchev–Trinajstić information content (AvgIpc) is 2.21. The van der Waals surface area contributed by atoms with Gasteiger partial charge in [-0.1, -0.05) is 19.1 Å². The fourth-order valence-corrected chi connectivity index (χ4v) is 1.65. The van der Waals surface area contributed by atoms with Crippen molar-refractivity contribution < 1.29 is 9.18 Å². The summed E-state index contributed by atoms with van der Waals surface area (Å²) in [5, 5.41) is 0. The highest BCUT2D eigenvalue weighted by Crippen LogP contribution is 2.04. The van der Waals surface area contributed by atoms with Crippen LogP contribution in [-0.4, -0.2) is 30.8 Å². The van der Waals surface area contributed by atoms with Crippen LogP contribution in [0.15, 0.2) is 24.3 Å². The van der Waals surface area contributed by atoms with Gasteiger partial charge in [0.15, 0.2) is 5.78 Å². The van der Waals surface area contributed by atoms with Crippen molar-refractivity contribution in [1.29, 1.82) is 0 Å². The summed E-state index contributed by atoms with van der Waals surface area (Å²) < 4.78 is 12.6. The summed E-state index contributed by atoms with van der Waals surface area (Å²) in [7, 11) is 1.94. The predicted molar refractivity (Wildman–Crippen MR) is 62.9 cm³/mol. The van der Waals surface area contributed by atoms with Gasteiger partial charge in [-0.2, -0.15) is 0 Å². The van der Waals surface area contributed by atoms with Gasteiger partial charge in [-0.15, -0.1) is 0 Å². The quantitative estimate of drug-likeness (QED) is 0.737. The molecule has 1 rings (SSSR count). The fraction of sp³-hybridized carbons (Fsp3) is 0.462. The molecule has 0 aliphatic rings. The van der Waals surface area contributed by atoms with E-state index in [1.54, 1.807) is 12.1 Å². The zero-order valence-electron chi connectivity index (χ0n) is 9.87. The number of hydrogen-bond acceptors (Lipinski definition) is 2. The van der Waals surface area contributed by atoms with E-state index in [0.717, 1.165) is 18.5 Å². The van der Waals surface area contributed by atoms with Crippen LogP contribution in [0, 0.1) is 5.82 Å². The summed E-state index contributed by atoms with van der Waals surface area (Å²) in [5.41, 5.74) is 0.872. The fourth-order valence-electron chi connectivity index (χ4n) is 1.65. The van der Waals surface area contributed by atoms with E-state index in [1.807, 2.05) is 11.9 Å². The van der Waals surface area contributed by atoms with Crippen molar-refractivity contribution in [2.24, 2.45) is 0 Å². The van der Waals surface area contributed by atoms with Crippen molar-refractivity contribution >= 4 is 5.78 Å². The highest BCUT2D eigenvalue weighted by atomic mass is 19.1. The van der Waals surface area contributed by atoms with Gasteiger partial charge in [0.1, 0.15) is 5.82 Å². The monoisotopic (exact) mass is 223 g/mol. The lowest BCUT2D eigenvalue weighted by atomic mass is 10.1. The Hall–Kier alpha value is -1.22. The van der Waals surface area contributed by atoms with Crippen molar-refractivity contribution in [2.45, 2.75) is 19.8 Å². The van der Waals surface area contributed by atoms with Crippen LogP contribution in [0.4, 0.5) is 4.39 Å². The minimum atomic E-state index is -0.265. The van der Waals surface area contributed by atoms with E-state index in [2.05, 4.69) is 6.92 Å². The zero-order valence-corrected chi connectivity index (χ0v) is 9.87. The number of nitrogens with zero attached hydrogens (tertiary/aromatic N) is 1. The summed E-state index contributed by atoms with van der Waals surface area (Å²) in [6.07, 6.45) is 1.43. The minimum Gasteiger partial charge on any atom is -0.299 e. The molecule has 0 aliphatic carbocycles. The summed E-state index contributed by atoms with van der Waals surface area (Å²) in [6.45, 7) is 3.47. The predicted octanol–water partition coefficient (Wildman–Crippen LogP) is 2.28. The van der Waals surface area contributed by atoms with Crippen LogP contribution in [0.3, 0.4) is 0 Å². The van der Waals surface area contributed by atoms with Crippen molar-refractivity contribution in [3.8, 4) is 0 Å². The highest BCUT2D eigenvalue weighted by Gasteiger charge is 2.06. The molecule has 1 aromatic rings. The van der Waals surface area contributed by atoms with Crippen LogP contribution in [0.25, 0.3) is 0 Å². The van der Waals surface area contributed by atoms with Crippen LogP contribution in [0.1, 0.15) is 18.9 Å². The first kappa shape index (κ1) is 12.8. The number of ketones is 1. The van der Waals surface area contributed by atoms with E-state index < -0.39 is 0 Å². The Morgan fingerprint density at radius 3 is 2.50 bits per heavy atom. The number of hydrogen-bond donors (Lipinski definition) is 0. The Bertz CT molecular complexity index is 334. The summed E-state index contributed by atoms with van der Waals surface area (Å²) in [5.74, 6) is -0.0955. The zero-order chi connectivity index (χ0) is 12.0. The van der Waals surface area contributed by atoms with E-state index in [0.29, 0.717) is 13.0 Å². The van der Waals surface area contributed by atoms with Gasteiger partial charge in [0.2, 0.25) is 0 Å². The number of halogens is 1. The van der Waals surface area contributed by atoms with Crippen LogP contribution >= 0.6 is 0 Å². The number of benzene rings is 1. The normalized spacial score (nSPS) is 10.8. The Morgan fingerprint density at radius 1 is 1.31 bits per heavy atom. The second-order valence-electron chi connectivity index (χ2n) is 4.08. The molecule has 0 amide bonds. The Balaban J connectivity index is 2.42. The van der Waals surface area contributed by atoms with Crippen molar-refractivity contribution in [3.63, 3.8) is 0 Å². The van der Waals surface area contributed by atoms with Crippen LogP contribution in [0.5, 0.6) is 0 Å². The van der Waals surface area contributed by atoms with E-state index >= 15 is 0 Å². The molecule has 1 aromatic carbocycles. The molecule has 0 saturated carbocycles. The maximum absolute atomic E-state index is 12.6.